The Kier molecular flexibility index (Phi) is 4.41. The quantitative estimate of drug-likeness (QED) is 0.810. The van der Waals surface area contributed by atoms with E-state index in [2.05, 4.69) is 39.2 Å². The normalized spacial score (nSPS) is 12.2. The summed E-state index contributed by atoms with van der Waals surface area (Å²) in [7, 11) is 3.96. The van der Waals surface area contributed by atoms with Crippen LogP contribution in [0.4, 0.5) is 0 Å². The fourth-order valence-corrected chi connectivity index (χ4v) is 1.97. The maximum absolute atomic E-state index is 10.3. The fourth-order valence-electron chi connectivity index (χ4n) is 1.97. The van der Waals surface area contributed by atoms with Crippen molar-refractivity contribution in [2.75, 3.05) is 14.1 Å². The second kappa shape index (κ2) is 5.29. The van der Waals surface area contributed by atoms with Crippen LogP contribution in [0.15, 0.2) is 6.07 Å². The first-order valence-corrected chi connectivity index (χ1v) is 6.38. The molecule has 0 unspecified atom stereocenters. The number of aromatic hydroxyl groups is 1. The van der Waals surface area contributed by atoms with Crippen LogP contribution in [0, 0.1) is 13.8 Å². The summed E-state index contributed by atoms with van der Waals surface area (Å²) < 4.78 is 0. The van der Waals surface area contributed by atoms with Crippen LogP contribution < -0.4 is 5.43 Å². The van der Waals surface area contributed by atoms with E-state index in [4.69, 9.17) is 0 Å². The molecule has 1 rings (SSSR count). The second-order valence-corrected chi connectivity index (χ2v) is 6.16. The molecule has 0 radical (unpaired) electrons. The summed E-state index contributed by atoms with van der Waals surface area (Å²) in [6.07, 6.45) is 0. The minimum Gasteiger partial charge on any atom is -0.507 e. The Bertz CT molecular complexity index is 431. The number of nitrogens with zero attached hydrogens (tertiary/aromatic N) is 1. The van der Waals surface area contributed by atoms with Gasteiger partial charge in [0.15, 0.2) is 0 Å². The molecule has 0 heterocycles. The molecule has 102 valence electrons. The standard InChI is InChI=1S/C15H26N2O/c1-10-11(2)14(18)13(15(3,4)5)8-12(10)9-16-17(6)7/h8,16,18H,9H2,1-7H3. The van der Waals surface area contributed by atoms with Crippen molar-refractivity contribution in [1.29, 1.82) is 0 Å². The molecule has 3 heteroatoms. The second-order valence-electron chi connectivity index (χ2n) is 6.16. The van der Waals surface area contributed by atoms with Crippen molar-refractivity contribution in [3.05, 3.63) is 28.3 Å². The molecule has 1 aromatic carbocycles. The van der Waals surface area contributed by atoms with Gasteiger partial charge in [0.2, 0.25) is 0 Å². The Morgan fingerprint density at radius 2 is 1.72 bits per heavy atom. The molecular formula is C15H26N2O. The van der Waals surface area contributed by atoms with Crippen LogP contribution in [0.2, 0.25) is 0 Å². The van der Waals surface area contributed by atoms with Crippen molar-refractivity contribution in [2.24, 2.45) is 0 Å². The predicted molar refractivity (Wildman–Crippen MR) is 76.8 cm³/mol. The van der Waals surface area contributed by atoms with Gasteiger partial charge in [0.05, 0.1) is 0 Å². The lowest BCUT2D eigenvalue weighted by Gasteiger charge is -2.25. The van der Waals surface area contributed by atoms with Crippen LogP contribution in [0.1, 0.15) is 43.0 Å². The van der Waals surface area contributed by atoms with Crippen molar-refractivity contribution in [1.82, 2.24) is 10.4 Å². The van der Waals surface area contributed by atoms with E-state index in [1.807, 2.05) is 26.0 Å². The molecule has 18 heavy (non-hydrogen) atoms. The van der Waals surface area contributed by atoms with Crippen LogP contribution in [0.5, 0.6) is 5.75 Å². The summed E-state index contributed by atoms with van der Waals surface area (Å²) in [5.74, 6) is 0.439. The third-order valence-corrected chi connectivity index (χ3v) is 3.37. The van der Waals surface area contributed by atoms with Crippen molar-refractivity contribution in [3.8, 4) is 5.75 Å². The molecule has 0 aromatic heterocycles. The van der Waals surface area contributed by atoms with Gasteiger partial charge in [-0.15, -0.1) is 0 Å². The van der Waals surface area contributed by atoms with Gasteiger partial charge in [-0.25, -0.2) is 0 Å². The fraction of sp³-hybridized carbons (Fsp3) is 0.600. The monoisotopic (exact) mass is 250 g/mol. The summed E-state index contributed by atoms with van der Waals surface area (Å²) in [5, 5.41) is 12.2. The van der Waals surface area contributed by atoms with Crippen LogP contribution in [-0.2, 0) is 12.0 Å². The van der Waals surface area contributed by atoms with Crippen LogP contribution in [0.3, 0.4) is 0 Å². The topological polar surface area (TPSA) is 35.5 Å². The number of nitrogens with one attached hydrogen (secondary N) is 1. The Morgan fingerprint density at radius 3 is 2.17 bits per heavy atom. The van der Waals surface area contributed by atoms with Gasteiger partial charge in [-0.05, 0) is 47.6 Å². The van der Waals surface area contributed by atoms with E-state index >= 15 is 0 Å². The molecule has 3 nitrogen and oxygen atoms in total. The van der Waals surface area contributed by atoms with Crippen LogP contribution >= 0.6 is 0 Å². The molecule has 0 aliphatic heterocycles. The average molecular weight is 250 g/mol. The highest BCUT2D eigenvalue weighted by atomic mass is 16.3. The highest BCUT2D eigenvalue weighted by molar-refractivity contribution is 5.51. The highest BCUT2D eigenvalue weighted by Gasteiger charge is 2.21. The van der Waals surface area contributed by atoms with Crippen molar-refractivity contribution >= 4 is 0 Å². The van der Waals surface area contributed by atoms with E-state index < -0.39 is 0 Å². The number of phenols is 1. The lowest BCUT2D eigenvalue weighted by Crippen LogP contribution is -2.30. The van der Waals surface area contributed by atoms with Crippen LogP contribution in [0.25, 0.3) is 0 Å². The summed E-state index contributed by atoms with van der Waals surface area (Å²) in [6.45, 7) is 11.2. The number of rotatable bonds is 3. The van der Waals surface area contributed by atoms with Gasteiger partial charge >= 0.3 is 0 Å². The zero-order valence-electron chi connectivity index (χ0n) is 12.7. The number of phenolic OH excluding ortho intramolecular Hbond substituents is 1. The SMILES string of the molecule is Cc1c(CNN(C)C)cc(C(C)(C)C)c(O)c1C. The predicted octanol–water partition coefficient (Wildman–Crippen LogP) is 2.87. The average Bonchev–Trinajstić information content (AvgIpc) is 2.23. The first-order chi connectivity index (χ1) is 8.14. The van der Waals surface area contributed by atoms with E-state index in [1.165, 1.54) is 5.56 Å². The van der Waals surface area contributed by atoms with Gasteiger partial charge < -0.3 is 5.11 Å². The summed E-state index contributed by atoms with van der Waals surface area (Å²) in [5.41, 5.74) is 7.63. The van der Waals surface area contributed by atoms with Gasteiger partial charge in [0.25, 0.3) is 0 Å². The number of benzene rings is 1. The Morgan fingerprint density at radius 1 is 1.17 bits per heavy atom. The van der Waals surface area contributed by atoms with E-state index in [-0.39, 0.29) is 5.41 Å². The first kappa shape index (κ1) is 15.0. The van der Waals surface area contributed by atoms with E-state index in [0.29, 0.717) is 5.75 Å². The minimum absolute atomic E-state index is 0.0462. The molecule has 0 amide bonds. The van der Waals surface area contributed by atoms with Gasteiger partial charge in [-0.2, -0.15) is 0 Å². The summed E-state index contributed by atoms with van der Waals surface area (Å²) >= 11 is 0. The molecule has 0 fully saturated rings. The zero-order chi connectivity index (χ0) is 14.1. The maximum Gasteiger partial charge on any atom is 0.122 e. The maximum atomic E-state index is 10.3. The molecule has 0 saturated heterocycles. The molecule has 0 atom stereocenters. The first-order valence-electron chi connectivity index (χ1n) is 6.38. The minimum atomic E-state index is -0.0462. The lowest BCUT2D eigenvalue weighted by atomic mass is 9.82. The molecule has 0 spiro atoms. The van der Waals surface area contributed by atoms with Gasteiger partial charge in [-0.3, -0.25) is 10.4 Å². The molecular weight excluding hydrogens is 224 g/mol. The molecule has 0 aliphatic carbocycles. The van der Waals surface area contributed by atoms with Gasteiger partial charge in [0, 0.05) is 20.6 Å². The third-order valence-electron chi connectivity index (χ3n) is 3.37. The molecule has 0 aliphatic rings. The lowest BCUT2D eigenvalue weighted by molar-refractivity contribution is 0.285. The number of hydrogen-bond donors (Lipinski definition) is 2. The third kappa shape index (κ3) is 3.24. The van der Waals surface area contributed by atoms with Crippen LogP contribution in [-0.4, -0.2) is 24.2 Å². The smallest absolute Gasteiger partial charge is 0.122 e. The highest BCUT2D eigenvalue weighted by Crippen LogP contribution is 2.36. The number of hydrogen-bond acceptors (Lipinski definition) is 3. The summed E-state index contributed by atoms with van der Waals surface area (Å²) in [6, 6.07) is 2.12. The van der Waals surface area contributed by atoms with E-state index in [9.17, 15) is 5.11 Å². The molecule has 1 aromatic rings. The van der Waals surface area contributed by atoms with Gasteiger partial charge in [-0.1, -0.05) is 20.8 Å². The molecule has 0 bridgehead atoms. The molecule has 2 N–H and O–H groups in total. The van der Waals surface area contributed by atoms with Crippen molar-refractivity contribution in [3.63, 3.8) is 0 Å². The number of hydrazine groups is 1. The Hall–Kier alpha value is -1.06. The Labute approximate surface area is 111 Å². The zero-order valence-corrected chi connectivity index (χ0v) is 12.7. The van der Waals surface area contributed by atoms with Gasteiger partial charge in [0.1, 0.15) is 5.75 Å². The molecule has 0 saturated carbocycles. The van der Waals surface area contributed by atoms with Crippen molar-refractivity contribution in [2.45, 2.75) is 46.6 Å². The largest absolute Gasteiger partial charge is 0.507 e. The van der Waals surface area contributed by atoms with E-state index in [1.54, 1.807) is 0 Å². The Balaban J connectivity index is 3.24. The summed E-state index contributed by atoms with van der Waals surface area (Å²) in [4.78, 5) is 0. The van der Waals surface area contributed by atoms with E-state index in [0.717, 1.165) is 23.2 Å². The van der Waals surface area contributed by atoms with Crippen molar-refractivity contribution < 1.29 is 5.11 Å².